The van der Waals surface area contributed by atoms with Crippen molar-refractivity contribution in [2.75, 3.05) is 0 Å². The van der Waals surface area contributed by atoms with E-state index < -0.39 is 5.41 Å². The Labute approximate surface area is 247 Å². The van der Waals surface area contributed by atoms with Crippen LogP contribution in [0.25, 0.3) is 11.1 Å². The second kappa shape index (κ2) is 10.2. The summed E-state index contributed by atoms with van der Waals surface area (Å²) in [5.74, 6) is 0.482. The summed E-state index contributed by atoms with van der Waals surface area (Å²) >= 11 is 0. The van der Waals surface area contributed by atoms with Crippen LogP contribution in [-0.2, 0) is 5.41 Å². The van der Waals surface area contributed by atoms with Gasteiger partial charge in [-0.25, -0.2) is 0 Å². The smallest absolute Gasteiger partial charge is 0.0713 e. The zero-order valence-corrected chi connectivity index (χ0v) is 25.4. The lowest BCUT2D eigenvalue weighted by atomic mass is 9.64. The van der Waals surface area contributed by atoms with Gasteiger partial charge >= 0.3 is 0 Å². The molecule has 0 amide bonds. The van der Waals surface area contributed by atoms with Crippen molar-refractivity contribution in [2.24, 2.45) is 16.7 Å². The van der Waals surface area contributed by atoms with E-state index in [1.54, 1.807) is 0 Å². The third-order valence-corrected chi connectivity index (χ3v) is 9.50. The summed E-state index contributed by atoms with van der Waals surface area (Å²) in [6, 6.07) is 31.3. The first-order valence-corrected chi connectivity index (χ1v) is 15.2. The van der Waals surface area contributed by atoms with E-state index in [1.165, 1.54) is 50.1 Å². The Morgan fingerprint density at radius 2 is 1.20 bits per heavy atom. The third kappa shape index (κ3) is 4.55. The van der Waals surface area contributed by atoms with Gasteiger partial charge in [0.15, 0.2) is 0 Å². The largest absolute Gasteiger partial charge is 0.0747 e. The summed E-state index contributed by atoms with van der Waals surface area (Å²) in [6.45, 7) is 14.1. The first kappa shape index (κ1) is 27.3. The van der Waals surface area contributed by atoms with E-state index in [4.69, 9.17) is 0 Å². The third-order valence-electron chi connectivity index (χ3n) is 9.50. The first-order valence-electron chi connectivity index (χ1n) is 15.2. The lowest BCUT2D eigenvalue weighted by Gasteiger charge is -2.37. The fourth-order valence-electron chi connectivity index (χ4n) is 7.02. The van der Waals surface area contributed by atoms with Crippen LogP contribution in [0.5, 0.6) is 0 Å². The molecule has 0 nitrogen and oxygen atoms in total. The molecule has 206 valence electrons. The molecular formula is C41H42. The number of hydrogen-bond acceptors (Lipinski definition) is 0. The van der Waals surface area contributed by atoms with Crippen LogP contribution >= 0.6 is 0 Å². The highest BCUT2D eigenvalue weighted by Gasteiger charge is 2.48. The maximum absolute atomic E-state index is 2.59. The molecule has 0 fully saturated rings. The molecular weight excluding hydrogens is 492 g/mol. The monoisotopic (exact) mass is 534 g/mol. The Kier molecular flexibility index (Phi) is 6.77. The van der Waals surface area contributed by atoms with Gasteiger partial charge in [-0.2, -0.15) is 0 Å². The molecule has 0 aromatic heterocycles. The fraction of sp³-hybridized carbons (Fsp3) is 0.268. The van der Waals surface area contributed by atoms with E-state index in [9.17, 15) is 0 Å². The summed E-state index contributed by atoms with van der Waals surface area (Å²) in [4.78, 5) is 0. The number of benzene rings is 3. The lowest BCUT2D eigenvalue weighted by Crippen LogP contribution is -2.31. The first-order chi connectivity index (χ1) is 19.7. The summed E-state index contributed by atoms with van der Waals surface area (Å²) < 4.78 is 0. The van der Waals surface area contributed by atoms with Crippen LogP contribution < -0.4 is 0 Å². The lowest BCUT2D eigenvalue weighted by molar-refractivity contribution is 0.477. The molecule has 2 atom stereocenters. The minimum atomic E-state index is -0.443. The van der Waals surface area contributed by atoms with Crippen molar-refractivity contribution in [3.05, 3.63) is 166 Å². The Hall–Kier alpha value is -3.90. The van der Waals surface area contributed by atoms with E-state index in [2.05, 4.69) is 169 Å². The van der Waals surface area contributed by atoms with Gasteiger partial charge in [0.2, 0.25) is 0 Å². The molecule has 0 N–H and O–H groups in total. The van der Waals surface area contributed by atoms with Crippen LogP contribution in [-0.4, -0.2) is 0 Å². The van der Waals surface area contributed by atoms with Crippen molar-refractivity contribution in [1.82, 2.24) is 0 Å². The van der Waals surface area contributed by atoms with Gasteiger partial charge in [0, 0.05) is 10.8 Å². The van der Waals surface area contributed by atoms with Crippen molar-refractivity contribution in [1.29, 1.82) is 0 Å². The number of fused-ring (bicyclic) bond motifs is 1. The molecule has 6 rings (SSSR count). The van der Waals surface area contributed by atoms with E-state index in [0.717, 1.165) is 6.42 Å². The van der Waals surface area contributed by atoms with Crippen molar-refractivity contribution in [2.45, 2.75) is 53.4 Å². The van der Waals surface area contributed by atoms with Crippen LogP contribution in [0, 0.1) is 16.7 Å². The van der Waals surface area contributed by atoms with Crippen LogP contribution in [0.1, 0.15) is 59.1 Å². The van der Waals surface area contributed by atoms with Crippen molar-refractivity contribution < 1.29 is 0 Å². The average Bonchev–Trinajstić information content (AvgIpc) is 3.03. The van der Waals surface area contributed by atoms with Crippen molar-refractivity contribution >= 4 is 0 Å². The molecule has 3 aromatic carbocycles. The highest BCUT2D eigenvalue weighted by molar-refractivity contribution is 5.79. The van der Waals surface area contributed by atoms with Crippen LogP contribution in [0.15, 0.2) is 155 Å². The summed E-state index contributed by atoms with van der Waals surface area (Å²) in [5, 5.41) is 0. The van der Waals surface area contributed by atoms with E-state index in [-0.39, 0.29) is 10.8 Å². The average molecular weight is 535 g/mol. The van der Waals surface area contributed by atoms with Crippen molar-refractivity contribution in [3.63, 3.8) is 0 Å². The zero-order chi connectivity index (χ0) is 28.8. The molecule has 0 heteroatoms. The second-order valence-corrected chi connectivity index (χ2v) is 13.2. The van der Waals surface area contributed by atoms with Gasteiger partial charge in [-0.3, -0.25) is 0 Å². The highest BCUT2D eigenvalue weighted by atomic mass is 14.5. The van der Waals surface area contributed by atoms with Gasteiger partial charge in [0.25, 0.3) is 0 Å². The van der Waals surface area contributed by atoms with Gasteiger partial charge in [-0.15, -0.1) is 0 Å². The van der Waals surface area contributed by atoms with E-state index in [1.807, 2.05) is 0 Å². The maximum atomic E-state index is 2.59. The minimum absolute atomic E-state index is 0.0230. The summed E-state index contributed by atoms with van der Waals surface area (Å²) in [7, 11) is 0. The normalized spacial score (nSPS) is 23.0. The Morgan fingerprint density at radius 3 is 1.90 bits per heavy atom. The van der Waals surface area contributed by atoms with Crippen LogP contribution in [0.3, 0.4) is 0 Å². The van der Waals surface area contributed by atoms with Gasteiger partial charge in [0.1, 0.15) is 0 Å². The predicted octanol–water partition coefficient (Wildman–Crippen LogP) is 11.0. The SMILES string of the molecule is CCC(C)C1=CC2=C(C=CC1(C)C)C1=C(C=CC(C)(C)C=C1)C2(c1ccccc1)c1cccc(-c2ccccc2)c1. The Morgan fingerprint density at radius 1 is 0.610 bits per heavy atom. The highest BCUT2D eigenvalue weighted by Crippen LogP contribution is 2.58. The fourth-order valence-corrected chi connectivity index (χ4v) is 7.02. The second-order valence-electron chi connectivity index (χ2n) is 13.2. The maximum Gasteiger partial charge on any atom is 0.0713 e. The van der Waals surface area contributed by atoms with E-state index in [0.29, 0.717) is 5.92 Å². The summed E-state index contributed by atoms with van der Waals surface area (Å²) in [6.07, 6.45) is 18.2. The van der Waals surface area contributed by atoms with Crippen LogP contribution in [0.4, 0.5) is 0 Å². The molecule has 0 saturated carbocycles. The molecule has 3 aromatic rings. The predicted molar refractivity (Wildman–Crippen MR) is 176 cm³/mol. The van der Waals surface area contributed by atoms with Gasteiger partial charge < -0.3 is 0 Å². The molecule has 0 heterocycles. The van der Waals surface area contributed by atoms with Gasteiger partial charge in [-0.1, -0.05) is 169 Å². The quantitative estimate of drug-likeness (QED) is 0.305. The van der Waals surface area contributed by atoms with E-state index >= 15 is 0 Å². The standard InChI is InChI=1S/C41H42/c1-7-29(2)37-28-38-35(22-26-40(37,5)6)34-21-24-39(3,4)25-23-36(34)41(38,32-18-12-9-13-19-32)33-20-14-17-31(27-33)30-15-10-8-11-16-30/h8-29H,7H2,1-6H3. The minimum Gasteiger partial charge on any atom is -0.0747 e. The summed E-state index contributed by atoms with van der Waals surface area (Å²) in [5.41, 5.74) is 11.6. The zero-order valence-electron chi connectivity index (χ0n) is 25.4. The molecule has 3 aliphatic rings. The molecule has 0 aliphatic heterocycles. The molecule has 0 spiro atoms. The molecule has 0 saturated heterocycles. The molecule has 3 aliphatic carbocycles. The number of allylic oxidation sites excluding steroid dienone is 12. The number of hydrogen-bond donors (Lipinski definition) is 0. The molecule has 2 unspecified atom stereocenters. The van der Waals surface area contributed by atoms with Crippen molar-refractivity contribution in [3.8, 4) is 11.1 Å². The topological polar surface area (TPSA) is 0 Å². The Balaban J connectivity index is 1.75. The molecule has 0 radical (unpaired) electrons. The number of rotatable bonds is 5. The van der Waals surface area contributed by atoms with Crippen LogP contribution in [0.2, 0.25) is 0 Å². The van der Waals surface area contributed by atoms with Gasteiger partial charge in [-0.05, 0) is 63.0 Å². The Bertz CT molecular complexity index is 1650. The molecule has 0 bridgehead atoms. The van der Waals surface area contributed by atoms with Gasteiger partial charge in [0.05, 0.1) is 5.41 Å². The molecule has 41 heavy (non-hydrogen) atoms.